The molecule has 2 heterocycles. The van der Waals surface area contributed by atoms with Crippen molar-refractivity contribution in [3.8, 4) is 0 Å². The van der Waals surface area contributed by atoms with Crippen LogP contribution in [0.1, 0.15) is 38.8 Å². The number of nitrogens with zero attached hydrogens (tertiary/aromatic N) is 1. The number of hydrogen-bond donors (Lipinski definition) is 1. The lowest BCUT2D eigenvalue weighted by Crippen LogP contribution is -2.36. The van der Waals surface area contributed by atoms with Gasteiger partial charge in [0.05, 0.1) is 0 Å². The lowest BCUT2D eigenvalue weighted by Gasteiger charge is -2.26. The van der Waals surface area contributed by atoms with E-state index in [1.165, 1.54) is 5.56 Å². The molecule has 2 atom stereocenters. The molecule has 2 unspecified atom stereocenters. The Labute approximate surface area is 125 Å². The maximum atomic E-state index is 12.1. The second-order valence-electron chi connectivity index (χ2n) is 6.30. The molecular weight excluding hydrogens is 272 g/mol. The highest BCUT2D eigenvalue weighted by atomic mass is 32.1. The quantitative estimate of drug-likeness (QED) is 0.931. The van der Waals surface area contributed by atoms with Gasteiger partial charge in [-0.25, -0.2) is 4.79 Å². The molecule has 1 aromatic heterocycles. The zero-order valence-corrected chi connectivity index (χ0v) is 13.5. The molecule has 2 rings (SSSR count). The Morgan fingerprint density at radius 2 is 2.30 bits per heavy atom. The molecule has 1 saturated heterocycles. The molecule has 1 fully saturated rings. The summed E-state index contributed by atoms with van der Waals surface area (Å²) in [6.07, 6.45) is 0.820. The topological polar surface area (TPSA) is 41.6 Å². The van der Waals surface area contributed by atoms with E-state index >= 15 is 0 Å². The standard InChI is InChI=1S/C15H24N2O2S/c1-15(2,3)19-14(18)17-7-5-11(9-17)13(16-4)12-6-8-20-10-12/h6,8,10-11,13,16H,5,7,9H2,1-4H3. The van der Waals surface area contributed by atoms with Gasteiger partial charge in [-0.15, -0.1) is 0 Å². The molecule has 0 radical (unpaired) electrons. The van der Waals surface area contributed by atoms with Crippen LogP contribution in [-0.2, 0) is 4.74 Å². The molecule has 1 aromatic rings. The van der Waals surface area contributed by atoms with Crippen LogP contribution in [0.3, 0.4) is 0 Å². The maximum Gasteiger partial charge on any atom is 0.410 e. The predicted octanol–water partition coefficient (Wildman–Crippen LogP) is 3.27. The molecule has 1 amide bonds. The van der Waals surface area contributed by atoms with Crippen LogP contribution in [-0.4, -0.2) is 36.7 Å². The van der Waals surface area contributed by atoms with Crippen molar-refractivity contribution in [3.05, 3.63) is 22.4 Å². The van der Waals surface area contributed by atoms with Gasteiger partial charge in [0.2, 0.25) is 0 Å². The normalized spacial score (nSPS) is 21.0. The van der Waals surface area contributed by atoms with Gasteiger partial charge in [0, 0.05) is 19.1 Å². The molecule has 20 heavy (non-hydrogen) atoms. The van der Waals surface area contributed by atoms with Crippen molar-refractivity contribution in [3.63, 3.8) is 0 Å². The monoisotopic (exact) mass is 296 g/mol. The number of nitrogens with one attached hydrogen (secondary N) is 1. The van der Waals surface area contributed by atoms with Crippen LogP contribution in [0, 0.1) is 5.92 Å². The number of carbonyl (C=O) groups is 1. The van der Waals surface area contributed by atoms with Gasteiger partial charge in [-0.2, -0.15) is 11.3 Å². The van der Waals surface area contributed by atoms with E-state index in [9.17, 15) is 4.79 Å². The van der Waals surface area contributed by atoms with Crippen LogP contribution in [0.25, 0.3) is 0 Å². The summed E-state index contributed by atoms with van der Waals surface area (Å²) < 4.78 is 5.44. The third-order valence-corrected chi connectivity index (χ3v) is 4.26. The van der Waals surface area contributed by atoms with Gasteiger partial charge in [-0.1, -0.05) is 0 Å². The molecule has 1 N–H and O–H groups in total. The van der Waals surface area contributed by atoms with Crippen LogP contribution in [0.5, 0.6) is 0 Å². The van der Waals surface area contributed by atoms with Crippen molar-refractivity contribution >= 4 is 17.4 Å². The molecule has 0 saturated carbocycles. The summed E-state index contributed by atoms with van der Waals surface area (Å²) in [5.41, 5.74) is 0.888. The van der Waals surface area contributed by atoms with E-state index < -0.39 is 5.60 Å². The van der Waals surface area contributed by atoms with Crippen LogP contribution >= 0.6 is 11.3 Å². The van der Waals surface area contributed by atoms with Crippen molar-refractivity contribution < 1.29 is 9.53 Å². The zero-order chi connectivity index (χ0) is 14.8. The lowest BCUT2D eigenvalue weighted by molar-refractivity contribution is 0.0285. The number of carbonyl (C=O) groups excluding carboxylic acids is 1. The second kappa shape index (κ2) is 6.14. The first-order valence-corrected chi connectivity index (χ1v) is 8.02. The minimum atomic E-state index is -0.426. The number of amides is 1. The van der Waals surface area contributed by atoms with E-state index in [1.54, 1.807) is 11.3 Å². The largest absolute Gasteiger partial charge is 0.444 e. The zero-order valence-electron chi connectivity index (χ0n) is 12.7. The third kappa shape index (κ3) is 3.73. The Morgan fingerprint density at radius 1 is 1.55 bits per heavy atom. The van der Waals surface area contributed by atoms with E-state index in [1.807, 2.05) is 32.7 Å². The minimum Gasteiger partial charge on any atom is -0.444 e. The van der Waals surface area contributed by atoms with Gasteiger partial charge in [-0.3, -0.25) is 0 Å². The molecule has 0 aliphatic carbocycles. The fraction of sp³-hybridized carbons (Fsp3) is 0.667. The Morgan fingerprint density at radius 3 is 2.85 bits per heavy atom. The summed E-state index contributed by atoms with van der Waals surface area (Å²) in [7, 11) is 1.98. The predicted molar refractivity (Wildman–Crippen MR) is 82.0 cm³/mol. The Balaban J connectivity index is 1.96. The number of likely N-dealkylation sites (tertiary alicyclic amines) is 1. The third-order valence-electron chi connectivity index (χ3n) is 3.56. The number of hydrogen-bond acceptors (Lipinski definition) is 4. The van der Waals surface area contributed by atoms with E-state index in [4.69, 9.17) is 4.74 Å². The first-order valence-electron chi connectivity index (χ1n) is 7.08. The van der Waals surface area contributed by atoms with Crippen LogP contribution < -0.4 is 5.32 Å². The average molecular weight is 296 g/mol. The number of thiophene rings is 1. The first-order chi connectivity index (χ1) is 9.40. The van der Waals surface area contributed by atoms with E-state index in [0.29, 0.717) is 12.0 Å². The van der Waals surface area contributed by atoms with Gasteiger partial charge in [0.25, 0.3) is 0 Å². The molecule has 5 heteroatoms. The van der Waals surface area contributed by atoms with Crippen molar-refractivity contribution in [2.45, 2.75) is 38.8 Å². The van der Waals surface area contributed by atoms with Gasteiger partial charge in [0.15, 0.2) is 0 Å². The average Bonchev–Trinajstić information content (AvgIpc) is 2.98. The molecule has 112 valence electrons. The maximum absolute atomic E-state index is 12.1. The van der Waals surface area contributed by atoms with Crippen molar-refractivity contribution in [1.82, 2.24) is 10.2 Å². The Hall–Kier alpha value is -1.07. The fourth-order valence-corrected chi connectivity index (χ4v) is 3.37. The summed E-state index contributed by atoms with van der Waals surface area (Å²) in [5.74, 6) is 0.446. The summed E-state index contributed by atoms with van der Waals surface area (Å²) in [6.45, 7) is 7.25. The Bertz CT molecular complexity index is 439. The van der Waals surface area contributed by atoms with Gasteiger partial charge in [-0.05, 0) is 62.5 Å². The fourth-order valence-electron chi connectivity index (χ4n) is 2.68. The number of ether oxygens (including phenoxy) is 1. The van der Waals surface area contributed by atoms with Gasteiger partial charge < -0.3 is 15.0 Å². The molecule has 1 aliphatic rings. The summed E-state index contributed by atoms with van der Waals surface area (Å²) in [6, 6.07) is 2.47. The SMILES string of the molecule is CNC(c1ccsc1)C1CCN(C(=O)OC(C)(C)C)C1. The molecule has 4 nitrogen and oxygen atoms in total. The van der Waals surface area contributed by atoms with Crippen LogP contribution in [0.2, 0.25) is 0 Å². The highest BCUT2D eigenvalue weighted by Gasteiger charge is 2.34. The van der Waals surface area contributed by atoms with Gasteiger partial charge >= 0.3 is 6.09 Å². The minimum absolute atomic E-state index is 0.194. The lowest BCUT2D eigenvalue weighted by atomic mass is 9.94. The van der Waals surface area contributed by atoms with E-state index in [2.05, 4.69) is 22.1 Å². The molecule has 1 aliphatic heterocycles. The van der Waals surface area contributed by atoms with Crippen molar-refractivity contribution in [2.75, 3.05) is 20.1 Å². The second-order valence-corrected chi connectivity index (χ2v) is 7.08. The summed E-state index contributed by atoms with van der Waals surface area (Å²) >= 11 is 1.71. The smallest absolute Gasteiger partial charge is 0.410 e. The summed E-state index contributed by atoms with van der Waals surface area (Å²) in [5, 5.41) is 7.66. The first kappa shape index (κ1) is 15.3. The molecular formula is C15H24N2O2S. The van der Waals surface area contributed by atoms with Crippen molar-refractivity contribution in [1.29, 1.82) is 0 Å². The van der Waals surface area contributed by atoms with Gasteiger partial charge in [0.1, 0.15) is 5.60 Å². The van der Waals surface area contributed by atoms with E-state index in [0.717, 1.165) is 19.5 Å². The Kier molecular flexibility index (Phi) is 4.70. The van der Waals surface area contributed by atoms with Crippen LogP contribution in [0.15, 0.2) is 16.8 Å². The number of rotatable bonds is 3. The van der Waals surface area contributed by atoms with Crippen molar-refractivity contribution in [2.24, 2.45) is 5.92 Å². The highest BCUT2D eigenvalue weighted by molar-refractivity contribution is 7.07. The summed E-state index contributed by atoms with van der Waals surface area (Å²) in [4.78, 5) is 13.9. The van der Waals surface area contributed by atoms with E-state index in [-0.39, 0.29) is 6.09 Å². The highest BCUT2D eigenvalue weighted by Crippen LogP contribution is 2.31. The van der Waals surface area contributed by atoms with Crippen LogP contribution in [0.4, 0.5) is 4.79 Å². The molecule has 0 spiro atoms. The molecule has 0 bridgehead atoms. The molecule has 0 aromatic carbocycles.